The maximum atomic E-state index is 10.3. The van der Waals surface area contributed by atoms with Gasteiger partial charge in [-0.2, -0.15) is 0 Å². The van der Waals surface area contributed by atoms with Crippen molar-refractivity contribution >= 4 is 5.91 Å². The van der Waals surface area contributed by atoms with Gasteiger partial charge in [-0.25, -0.2) is 0 Å². The van der Waals surface area contributed by atoms with Gasteiger partial charge < -0.3 is 5.32 Å². The first-order chi connectivity index (χ1) is 4.66. The van der Waals surface area contributed by atoms with Crippen LogP contribution in [0.5, 0.6) is 0 Å². The van der Waals surface area contributed by atoms with Crippen molar-refractivity contribution in [3.05, 3.63) is 0 Å². The molecule has 0 aliphatic heterocycles. The van der Waals surface area contributed by atoms with Gasteiger partial charge in [0.25, 0.3) is 0 Å². The normalized spacial score (nSPS) is 10.9. The number of carbonyl (C=O) groups excluding carboxylic acids is 1. The molecule has 10 heavy (non-hydrogen) atoms. The highest BCUT2D eigenvalue weighted by atomic mass is 16.1. The van der Waals surface area contributed by atoms with Gasteiger partial charge in [0.15, 0.2) is 0 Å². The number of hydrogen-bond acceptors (Lipinski definition) is 1. The monoisotopic (exact) mass is 145 g/mol. The number of nitrogens with one attached hydrogen (secondary N) is 1. The van der Waals surface area contributed by atoms with Crippen LogP contribution in [0.2, 0.25) is 0 Å². The Morgan fingerprint density at radius 1 is 1.50 bits per heavy atom. The summed E-state index contributed by atoms with van der Waals surface area (Å²) in [5.74, 6) is 0.0550. The highest BCUT2D eigenvalue weighted by Gasteiger charge is 1.96. The summed E-state index contributed by atoms with van der Waals surface area (Å²) in [6.45, 7) is 9.56. The zero-order valence-electron chi connectivity index (χ0n) is 7.69. The van der Waals surface area contributed by atoms with Gasteiger partial charge >= 0.3 is 0 Å². The molecule has 1 N–H and O–H groups in total. The Morgan fingerprint density at radius 2 is 1.90 bits per heavy atom. The highest BCUT2D eigenvalue weighted by Crippen LogP contribution is 1.85. The average molecular weight is 145 g/mol. The lowest BCUT2D eigenvalue weighted by molar-refractivity contribution is -0.119. The molecule has 0 spiro atoms. The Balaban J connectivity index is 0. The third-order valence-corrected chi connectivity index (χ3v) is 1.06. The summed E-state index contributed by atoms with van der Waals surface area (Å²) in [4.78, 5) is 10.3. The third-order valence-electron chi connectivity index (χ3n) is 1.06. The van der Waals surface area contributed by atoms with Gasteiger partial charge in [-0.05, 0) is 13.3 Å². The van der Waals surface area contributed by atoms with Crippen molar-refractivity contribution in [2.45, 2.75) is 47.1 Å². The summed E-state index contributed by atoms with van der Waals surface area (Å²) in [6.07, 6.45) is 1.000. The lowest BCUT2D eigenvalue weighted by atomic mass is 10.3. The molecule has 0 radical (unpaired) electrons. The highest BCUT2D eigenvalue weighted by molar-refractivity contribution is 5.73. The van der Waals surface area contributed by atoms with E-state index in [0.717, 1.165) is 6.42 Å². The van der Waals surface area contributed by atoms with E-state index in [1.54, 1.807) is 0 Å². The number of carbonyl (C=O) groups is 1. The first kappa shape index (κ1) is 12.2. The van der Waals surface area contributed by atoms with Gasteiger partial charge in [-0.15, -0.1) is 0 Å². The molecule has 0 aromatic carbocycles. The lowest BCUT2D eigenvalue weighted by Gasteiger charge is -2.07. The summed E-state index contributed by atoms with van der Waals surface area (Å²) in [5.41, 5.74) is 0. The summed E-state index contributed by atoms with van der Waals surface area (Å²) in [6, 6.07) is 0.326. The molecule has 0 saturated carbocycles. The lowest BCUT2D eigenvalue weighted by Crippen LogP contribution is -2.29. The van der Waals surface area contributed by atoms with E-state index < -0.39 is 0 Å². The standard InChI is InChI=1S/C6H13NO.C2H6/c1-4-5(2)7-6(3)8;1-2/h5H,4H2,1-3H3,(H,7,8);1-2H3. The molecule has 0 saturated heterocycles. The van der Waals surface area contributed by atoms with Crippen LogP contribution in [0.15, 0.2) is 0 Å². The smallest absolute Gasteiger partial charge is 0.217 e. The molecule has 0 rings (SSSR count). The van der Waals surface area contributed by atoms with Crippen LogP contribution in [0.3, 0.4) is 0 Å². The second-order valence-corrected chi connectivity index (χ2v) is 2.01. The van der Waals surface area contributed by atoms with Gasteiger partial charge in [-0.1, -0.05) is 20.8 Å². The Morgan fingerprint density at radius 3 is 2.00 bits per heavy atom. The maximum absolute atomic E-state index is 10.3. The van der Waals surface area contributed by atoms with Crippen molar-refractivity contribution in [2.24, 2.45) is 0 Å². The SMILES string of the molecule is CC.CCC(C)NC(C)=O. The molecule has 2 nitrogen and oxygen atoms in total. The zero-order chi connectivity index (χ0) is 8.57. The van der Waals surface area contributed by atoms with Gasteiger partial charge in [0.05, 0.1) is 0 Å². The van der Waals surface area contributed by atoms with Crippen LogP contribution in [-0.2, 0) is 4.79 Å². The molecule has 0 aromatic heterocycles. The molecule has 2 heteroatoms. The van der Waals surface area contributed by atoms with E-state index in [2.05, 4.69) is 5.32 Å². The van der Waals surface area contributed by atoms with E-state index in [0.29, 0.717) is 6.04 Å². The van der Waals surface area contributed by atoms with Crippen LogP contribution < -0.4 is 5.32 Å². The molecule has 0 bridgehead atoms. The maximum Gasteiger partial charge on any atom is 0.217 e. The number of hydrogen-bond donors (Lipinski definition) is 1. The Bertz CT molecular complexity index is 81.3. The Hall–Kier alpha value is -0.530. The van der Waals surface area contributed by atoms with Crippen molar-refractivity contribution in [2.75, 3.05) is 0 Å². The summed E-state index contributed by atoms with van der Waals surface area (Å²) < 4.78 is 0. The van der Waals surface area contributed by atoms with Crippen molar-refractivity contribution in [1.82, 2.24) is 5.32 Å². The number of amides is 1. The van der Waals surface area contributed by atoms with E-state index in [9.17, 15) is 4.79 Å². The molecule has 0 fully saturated rings. The Labute approximate surface area is 64.0 Å². The van der Waals surface area contributed by atoms with E-state index in [1.807, 2.05) is 27.7 Å². The topological polar surface area (TPSA) is 29.1 Å². The van der Waals surface area contributed by atoms with E-state index in [1.165, 1.54) is 6.92 Å². The van der Waals surface area contributed by atoms with Crippen LogP contribution in [0.4, 0.5) is 0 Å². The van der Waals surface area contributed by atoms with Gasteiger partial charge in [0.1, 0.15) is 0 Å². The molecule has 1 unspecified atom stereocenters. The van der Waals surface area contributed by atoms with Crippen molar-refractivity contribution < 1.29 is 4.79 Å². The summed E-state index contributed by atoms with van der Waals surface area (Å²) in [5, 5.41) is 2.75. The molecule has 1 atom stereocenters. The van der Waals surface area contributed by atoms with Crippen molar-refractivity contribution in [1.29, 1.82) is 0 Å². The van der Waals surface area contributed by atoms with Crippen LogP contribution in [0.1, 0.15) is 41.0 Å². The van der Waals surface area contributed by atoms with Gasteiger partial charge in [0, 0.05) is 13.0 Å². The predicted molar refractivity (Wildman–Crippen MR) is 44.9 cm³/mol. The van der Waals surface area contributed by atoms with Crippen molar-refractivity contribution in [3.63, 3.8) is 0 Å². The Kier molecular flexibility index (Phi) is 10.3. The van der Waals surface area contributed by atoms with E-state index >= 15 is 0 Å². The van der Waals surface area contributed by atoms with Crippen LogP contribution in [0, 0.1) is 0 Å². The third kappa shape index (κ3) is 10.5. The van der Waals surface area contributed by atoms with E-state index in [-0.39, 0.29) is 5.91 Å². The largest absolute Gasteiger partial charge is 0.354 e. The fourth-order valence-corrected chi connectivity index (χ4v) is 0.449. The fraction of sp³-hybridized carbons (Fsp3) is 0.875. The summed E-state index contributed by atoms with van der Waals surface area (Å²) in [7, 11) is 0. The second-order valence-electron chi connectivity index (χ2n) is 2.01. The number of rotatable bonds is 2. The molecular weight excluding hydrogens is 126 g/mol. The quantitative estimate of drug-likeness (QED) is 0.632. The zero-order valence-corrected chi connectivity index (χ0v) is 7.69. The molecule has 1 amide bonds. The first-order valence-corrected chi connectivity index (χ1v) is 3.94. The molecule has 62 valence electrons. The van der Waals surface area contributed by atoms with Gasteiger partial charge in [0.2, 0.25) is 5.91 Å². The molecule has 0 aliphatic carbocycles. The molecule has 0 heterocycles. The predicted octanol–water partition coefficient (Wildman–Crippen LogP) is 1.95. The minimum Gasteiger partial charge on any atom is -0.354 e. The minimum absolute atomic E-state index is 0.0550. The van der Waals surface area contributed by atoms with Crippen LogP contribution >= 0.6 is 0 Å². The van der Waals surface area contributed by atoms with Gasteiger partial charge in [-0.3, -0.25) is 4.79 Å². The van der Waals surface area contributed by atoms with Crippen LogP contribution in [0.25, 0.3) is 0 Å². The molecule has 0 aromatic rings. The summed E-state index contributed by atoms with van der Waals surface area (Å²) >= 11 is 0. The fourth-order valence-electron chi connectivity index (χ4n) is 0.449. The second kappa shape index (κ2) is 8.47. The first-order valence-electron chi connectivity index (χ1n) is 3.94. The van der Waals surface area contributed by atoms with E-state index in [4.69, 9.17) is 0 Å². The molecular formula is C8H19NO. The van der Waals surface area contributed by atoms with Crippen molar-refractivity contribution in [3.8, 4) is 0 Å². The van der Waals surface area contributed by atoms with Crippen LogP contribution in [-0.4, -0.2) is 11.9 Å². The minimum atomic E-state index is 0.0550. The molecule has 0 aliphatic rings. The average Bonchev–Trinajstić information content (AvgIpc) is 1.91.